The SMILES string of the molecule is COc1ccccc1N(C(C)=O)c1nc(CSc2nnc(N3CCOCC3)s2)cs1. The minimum absolute atomic E-state index is 0.118. The van der Waals surface area contributed by atoms with Gasteiger partial charge in [0.05, 0.1) is 31.7 Å². The Balaban J connectivity index is 1.44. The molecule has 30 heavy (non-hydrogen) atoms. The maximum Gasteiger partial charge on any atom is 0.230 e. The highest BCUT2D eigenvalue weighted by atomic mass is 32.2. The van der Waals surface area contributed by atoms with Gasteiger partial charge in [-0.25, -0.2) is 4.98 Å². The lowest BCUT2D eigenvalue weighted by molar-refractivity contribution is -0.115. The maximum absolute atomic E-state index is 12.4. The van der Waals surface area contributed by atoms with Gasteiger partial charge in [0.25, 0.3) is 0 Å². The van der Waals surface area contributed by atoms with Gasteiger partial charge in [0.2, 0.25) is 11.0 Å². The van der Waals surface area contributed by atoms with Crippen LogP contribution in [0.5, 0.6) is 5.75 Å². The molecule has 4 rings (SSSR count). The molecule has 0 atom stereocenters. The molecule has 0 spiro atoms. The fraction of sp³-hybridized carbons (Fsp3) is 0.368. The fourth-order valence-electron chi connectivity index (χ4n) is 2.97. The summed E-state index contributed by atoms with van der Waals surface area (Å²) in [5.74, 6) is 1.17. The van der Waals surface area contributed by atoms with Crippen molar-refractivity contribution in [2.75, 3.05) is 43.2 Å². The van der Waals surface area contributed by atoms with Crippen LogP contribution in [-0.4, -0.2) is 54.5 Å². The summed E-state index contributed by atoms with van der Waals surface area (Å²) >= 11 is 4.62. The third kappa shape index (κ3) is 4.75. The lowest BCUT2D eigenvalue weighted by atomic mass is 10.2. The first-order valence-electron chi connectivity index (χ1n) is 9.33. The van der Waals surface area contributed by atoms with Crippen molar-refractivity contribution in [2.24, 2.45) is 0 Å². The summed E-state index contributed by atoms with van der Waals surface area (Å²) in [5.41, 5.74) is 1.57. The highest BCUT2D eigenvalue weighted by Crippen LogP contribution is 2.37. The Labute approximate surface area is 186 Å². The van der Waals surface area contributed by atoms with Crippen LogP contribution < -0.4 is 14.5 Å². The summed E-state index contributed by atoms with van der Waals surface area (Å²) in [7, 11) is 1.59. The van der Waals surface area contributed by atoms with Gasteiger partial charge < -0.3 is 14.4 Å². The van der Waals surface area contributed by atoms with E-state index in [-0.39, 0.29) is 5.91 Å². The van der Waals surface area contributed by atoms with Gasteiger partial charge in [-0.05, 0) is 12.1 Å². The zero-order chi connectivity index (χ0) is 20.9. The molecule has 3 aromatic rings. The van der Waals surface area contributed by atoms with E-state index in [4.69, 9.17) is 9.47 Å². The molecule has 8 nitrogen and oxygen atoms in total. The smallest absolute Gasteiger partial charge is 0.230 e. The molecule has 0 N–H and O–H groups in total. The van der Waals surface area contributed by atoms with Crippen LogP contribution in [0.4, 0.5) is 16.0 Å². The van der Waals surface area contributed by atoms with Gasteiger partial charge in [0, 0.05) is 31.1 Å². The van der Waals surface area contributed by atoms with E-state index in [9.17, 15) is 4.79 Å². The van der Waals surface area contributed by atoms with Crippen LogP contribution in [0.15, 0.2) is 34.0 Å². The van der Waals surface area contributed by atoms with Crippen LogP contribution in [0.2, 0.25) is 0 Å². The standard InChI is InChI=1S/C19H21N5O3S3/c1-13(25)24(15-5-3-4-6-16(15)26-2)17-20-14(11-28-17)12-29-19-22-21-18(30-19)23-7-9-27-10-8-23/h3-6,11H,7-10,12H2,1-2H3. The topological polar surface area (TPSA) is 80.7 Å². The number of para-hydroxylation sites is 2. The van der Waals surface area contributed by atoms with Gasteiger partial charge >= 0.3 is 0 Å². The number of morpholine rings is 1. The van der Waals surface area contributed by atoms with E-state index in [1.807, 2.05) is 29.6 Å². The second-order valence-corrected chi connectivity index (χ2v) is 9.40. The maximum atomic E-state index is 12.4. The van der Waals surface area contributed by atoms with Crippen LogP contribution in [0, 0.1) is 0 Å². The Morgan fingerprint density at radius 1 is 1.30 bits per heavy atom. The number of ether oxygens (including phenoxy) is 2. The number of thiazole rings is 1. The van der Waals surface area contributed by atoms with Gasteiger partial charge in [-0.15, -0.1) is 21.5 Å². The summed E-state index contributed by atoms with van der Waals surface area (Å²) in [6.07, 6.45) is 0. The molecule has 1 aliphatic heterocycles. The number of amides is 1. The first-order valence-corrected chi connectivity index (χ1v) is 12.0. The minimum atomic E-state index is -0.118. The number of benzene rings is 1. The molecule has 0 bridgehead atoms. The van der Waals surface area contributed by atoms with Crippen LogP contribution in [0.1, 0.15) is 12.6 Å². The number of hydrogen-bond acceptors (Lipinski definition) is 10. The van der Waals surface area contributed by atoms with Crippen LogP contribution in [0.3, 0.4) is 0 Å². The third-order valence-electron chi connectivity index (χ3n) is 4.39. The Morgan fingerprint density at radius 3 is 2.87 bits per heavy atom. The quantitative estimate of drug-likeness (QED) is 0.489. The molecule has 1 amide bonds. The number of nitrogens with zero attached hydrogens (tertiary/aromatic N) is 5. The van der Waals surface area contributed by atoms with E-state index in [0.717, 1.165) is 41.5 Å². The molecule has 1 saturated heterocycles. The first kappa shape index (κ1) is 21.0. The number of methoxy groups -OCH3 is 1. The number of hydrogen-bond donors (Lipinski definition) is 0. The summed E-state index contributed by atoms with van der Waals surface area (Å²) in [6.45, 7) is 4.67. The van der Waals surface area contributed by atoms with Crippen molar-refractivity contribution in [3.63, 3.8) is 0 Å². The normalized spacial score (nSPS) is 14.0. The highest BCUT2D eigenvalue weighted by Gasteiger charge is 2.21. The summed E-state index contributed by atoms with van der Waals surface area (Å²) in [6, 6.07) is 7.43. The molecular weight excluding hydrogens is 442 g/mol. The number of rotatable bonds is 7. The predicted molar refractivity (Wildman–Crippen MR) is 120 cm³/mol. The lowest BCUT2D eigenvalue weighted by Crippen LogP contribution is -2.36. The average molecular weight is 464 g/mol. The number of thioether (sulfide) groups is 1. The second kappa shape index (κ2) is 9.73. The summed E-state index contributed by atoms with van der Waals surface area (Å²) < 4.78 is 11.7. The van der Waals surface area contributed by atoms with E-state index < -0.39 is 0 Å². The summed E-state index contributed by atoms with van der Waals surface area (Å²) in [4.78, 5) is 20.8. The van der Waals surface area contributed by atoms with Gasteiger partial charge in [-0.1, -0.05) is 35.2 Å². The molecule has 0 saturated carbocycles. The van der Waals surface area contributed by atoms with Crippen LogP contribution in [-0.2, 0) is 15.3 Å². The molecule has 1 fully saturated rings. The van der Waals surface area contributed by atoms with Crippen LogP contribution in [0.25, 0.3) is 0 Å². The zero-order valence-corrected chi connectivity index (χ0v) is 19.1. The van der Waals surface area contributed by atoms with Crippen molar-refractivity contribution in [2.45, 2.75) is 17.0 Å². The highest BCUT2D eigenvalue weighted by molar-refractivity contribution is 8.00. The monoisotopic (exact) mass is 463 g/mol. The summed E-state index contributed by atoms with van der Waals surface area (Å²) in [5, 5.41) is 12.1. The molecule has 1 aliphatic rings. The average Bonchev–Trinajstić information content (AvgIpc) is 3.43. The Bertz CT molecular complexity index is 1000. The van der Waals surface area contributed by atoms with Crippen molar-refractivity contribution in [1.29, 1.82) is 0 Å². The van der Waals surface area contributed by atoms with Gasteiger partial charge in [-0.2, -0.15) is 0 Å². The van der Waals surface area contributed by atoms with Crippen molar-refractivity contribution in [3.05, 3.63) is 35.3 Å². The lowest BCUT2D eigenvalue weighted by Gasteiger charge is -2.25. The predicted octanol–water partition coefficient (Wildman–Crippen LogP) is 3.82. The Kier molecular flexibility index (Phi) is 6.82. The van der Waals surface area contributed by atoms with Crippen molar-refractivity contribution < 1.29 is 14.3 Å². The molecule has 3 heterocycles. The fourth-order valence-corrected chi connectivity index (χ4v) is 5.74. The van der Waals surface area contributed by atoms with E-state index >= 15 is 0 Å². The molecule has 2 aromatic heterocycles. The molecular formula is C19H21N5O3S3. The molecule has 158 valence electrons. The number of carbonyl (C=O) groups excluding carboxylic acids is 1. The Morgan fingerprint density at radius 2 is 2.10 bits per heavy atom. The van der Waals surface area contributed by atoms with Crippen LogP contribution >= 0.6 is 34.4 Å². The largest absolute Gasteiger partial charge is 0.495 e. The minimum Gasteiger partial charge on any atom is -0.495 e. The van der Waals surface area contributed by atoms with E-state index in [1.165, 1.54) is 18.3 Å². The number of aromatic nitrogens is 3. The zero-order valence-electron chi connectivity index (χ0n) is 16.6. The number of carbonyl (C=O) groups is 1. The molecule has 0 radical (unpaired) electrons. The molecule has 11 heteroatoms. The molecule has 0 unspecified atom stereocenters. The van der Waals surface area contributed by atoms with E-state index in [2.05, 4.69) is 20.1 Å². The van der Waals surface area contributed by atoms with E-state index in [0.29, 0.717) is 22.3 Å². The van der Waals surface area contributed by atoms with Crippen molar-refractivity contribution >= 4 is 56.3 Å². The number of anilines is 3. The second-order valence-electron chi connectivity index (χ2n) is 6.39. The van der Waals surface area contributed by atoms with Gasteiger partial charge in [-0.3, -0.25) is 9.69 Å². The van der Waals surface area contributed by atoms with Crippen molar-refractivity contribution in [1.82, 2.24) is 15.2 Å². The Hall–Kier alpha value is -2.21. The first-order chi connectivity index (χ1) is 14.7. The van der Waals surface area contributed by atoms with E-state index in [1.54, 1.807) is 35.1 Å². The van der Waals surface area contributed by atoms with Gasteiger partial charge in [0.15, 0.2) is 9.47 Å². The molecule has 1 aromatic carbocycles. The molecule has 0 aliphatic carbocycles. The third-order valence-corrected chi connectivity index (χ3v) is 7.42. The van der Waals surface area contributed by atoms with Gasteiger partial charge in [0.1, 0.15) is 5.75 Å². The van der Waals surface area contributed by atoms with Crippen molar-refractivity contribution in [3.8, 4) is 5.75 Å².